The molecule has 0 aliphatic carbocycles. The number of nitrogens with zero attached hydrogens (tertiary/aromatic N) is 1. The van der Waals surface area contributed by atoms with Crippen molar-refractivity contribution in [1.29, 1.82) is 0 Å². The van der Waals surface area contributed by atoms with Crippen LogP contribution < -0.4 is 10.6 Å². The van der Waals surface area contributed by atoms with E-state index in [1.54, 1.807) is 27.0 Å². The molecule has 0 saturated carbocycles. The van der Waals surface area contributed by atoms with Crippen molar-refractivity contribution < 1.29 is 14.7 Å². The van der Waals surface area contributed by atoms with Crippen molar-refractivity contribution >= 4 is 23.3 Å². The van der Waals surface area contributed by atoms with Crippen molar-refractivity contribution in [2.75, 3.05) is 0 Å². The van der Waals surface area contributed by atoms with Crippen LogP contribution in [0.3, 0.4) is 0 Å². The highest BCUT2D eigenvalue weighted by atomic mass is 32.1. The smallest absolute Gasteiger partial charge is 0.326 e. The lowest BCUT2D eigenvalue weighted by molar-refractivity contribution is -0.141. The Morgan fingerprint density at radius 1 is 1.47 bits per heavy atom. The number of aryl methyl sites for hydroxylation is 1. The lowest BCUT2D eigenvalue weighted by Crippen LogP contribution is -2.52. The fourth-order valence-electron chi connectivity index (χ4n) is 1.47. The number of carbonyl (C=O) groups is 2. The summed E-state index contributed by atoms with van der Waals surface area (Å²) in [4.78, 5) is 28.0. The summed E-state index contributed by atoms with van der Waals surface area (Å²) in [7, 11) is 0. The predicted octanol–water partition coefficient (Wildman–Crippen LogP) is 1.75. The monoisotopic (exact) mass is 285 g/mol. The third-order valence-electron chi connectivity index (χ3n) is 2.46. The molecule has 1 aromatic heterocycles. The Morgan fingerprint density at radius 3 is 2.53 bits per heavy atom. The van der Waals surface area contributed by atoms with E-state index < -0.39 is 23.5 Å². The fourth-order valence-corrected chi connectivity index (χ4v) is 2.20. The first-order valence-corrected chi connectivity index (χ1v) is 6.70. The summed E-state index contributed by atoms with van der Waals surface area (Å²) in [5, 5.41) is 14.9. The molecule has 7 heteroatoms. The van der Waals surface area contributed by atoms with Crippen molar-refractivity contribution in [1.82, 2.24) is 15.6 Å². The molecule has 0 fully saturated rings. The molecule has 1 aromatic rings. The second-order valence-corrected chi connectivity index (χ2v) is 6.65. The molecule has 0 radical (unpaired) electrons. The minimum Gasteiger partial charge on any atom is -0.480 e. The predicted molar refractivity (Wildman–Crippen MR) is 73.1 cm³/mol. The van der Waals surface area contributed by atoms with Crippen LogP contribution in [0.5, 0.6) is 0 Å². The molecule has 19 heavy (non-hydrogen) atoms. The van der Waals surface area contributed by atoms with Crippen molar-refractivity contribution in [2.24, 2.45) is 5.41 Å². The minimum atomic E-state index is -1.05. The van der Waals surface area contributed by atoms with E-state index in [-0.39, 0.29) is 0 Å². The Bertz CT molecular complexity index is 465. The molecule has 1 rings (SSSR count). The minimum absolute atomic E-state index is 0.292. The van der Waals surface area contributed by atoms with E-state index in [1.165, 1.54) is 11.3 Å². The zero-order valence-electron chi connectivity index (χ0n) is 11.5. The molecule has 3 N–H and O–H groups in total. The summed E-state index contributed by atoms with van der Waals surface area (Å²) in [5.74, 6) is -1.05. The van der Waals surface area contributed by atoms with Crippen molar-refractivity contribution in [2.45, 2.75) is 40.3 Å². The summed E-state index contributed by atoms with van der Waals surface area (Å²) in [6, 6.07) is -1.44. The number of rotatable bonds is 4. The van der Waals surface area contributed by atoms with Gasteiger partial charge in [-0.2, -0.15) is 0 Å². The standard InChI is InChI=1S/C12H19N3O3S/c1-7-5-13-8(19-7)6-14-11(18)15-9(10(16)17)12(2,3)4/h5,9H,6H2,1-4H3,(H,16,17)(H2,14,15,18)/t9-/m0/s1. The molecular formula is C12H19N3O3S. The molecule has 0 spiro atoms. The van der Waals surface area contributed by atoms with Gasteiger partial charge in [-0.05, 0) is 12.3 Å². The van der Waals surface area contributed by atoms with Gasteiger partial charge in [0, 0.05) is 11.1 Å². The fraction of sp³-hybridized carbons (Fsp3) is 0.583. The molecule has 1 atom stereocenters. The van der Waals surface area contributed by atoms with Crippen LogP contribution in [-0.4, -0.2) is 28.1 Å². The molecule has 106 valence electrons. The third kappa shape index (κ3) is 4.86. The Balaban J connectivity index is 2.52. The summed E-state index contributed by atoms with van der Waals surface area (Å²) in [6.07, 6.45) is 1.73. The molecule has 0 unspecified atom stereocenters. The SMILES string of the molecule is Cc1cnc(CNC(=O)N[C@@H](C(=O)O)C(C)(C)C)s1. The number of hydrogen-bond acceptors (Lipinski definition) is 4. The number of carboxylic acids is 1. The number of thiazole rings is 1. The largest absolute Gasteiger partial charge is 0.480 e. The van der Waals surface area contributed by atoms with E-state index in [0.717, 1.165) is 9.88 Å². The van der Waals surface area contributed by atoms with E-state index in [0.29, 0.717) is 6.54 Å². The summed E-state index contributed by atoms with van der Waals surface area (Å²) in [5.41, 5.74) is -0.555. The summed E-state index contributed by atoms with van der Waals surface area (Å²) >= 11 is 1.49. The number of aliphatic carboxylic acids is 1. The van der Waals surface area contributed by atoms with Crippen LogP contribution in [0.2, 0.25) is 0 Å². The van der Waals surface area contributed by atoms with Crippen LogP contribution in [0.4, 0.5) is 4.79 Å². The van der Waals surface area contributed by atoms with Crippen LogP contribution in [-0.2, 0) is 11.3 Å². The number of aromatic nitrogens is 1. The number of amides is 2. The normalized spacial score (nSPS) is 12.8. The van der Waals surface area contributed by atoms with Crippen molar-refractivity contribution in [3.8, 4) is 0 Å². The van der Waals surface area contributed by atoms with Crippen LogP contribution in [0.25, 0.3) is 0 Å². The summed E-state index contributed by atoms with van der Waals surface area (Å²) < 4.78 is 0. The molecule has 0 bridgehead atoms. The molecule has 0 saturated heterocycles. The van der Waals surface area contributed by atoms with E-state index in [2.05, 4.69) is 15.6 Å². The Labute approximate surface area is 116 Å². The van der Waals surface area contributed by atoms with Gasteiger partial charge in [0.05, 0.1) is 6.54 Å². The maximum atomic E-state index is 11.7. The van der Waals surface area contributed by atoms with Gasteiger partial charge in [-0.25, -0.2) is 14.6 Å². The molecule has 1 heterocycles. The number of nitrogens with one attached hydrogen (secondary N) is 2. The Kier molecular flexibility index (Phi) is 4.88. The quantitative estimate of drug-likeness (QED) is 0.786. The Hall–Kier alpha value is -1.63. The van der Waals surface area contributed by atoms with Crippen molar-refractivity contribution in [3.05, 3.63) is 16.1 Å². The van der Waals surface area contributed by atoms with Crippen LogP contribution >= 0.6 is 11.3 Å². The van der Waals surface area contributed by atoms with Gasteiger partial charge in [-0.15, -0.1) is 11.3 Å². The second kappa shape index (κ2) is 6.01. The first-order chi connectivity index (χ1) is 8.70. The van der Waals surface area contributed by atoms with Crippen LogP contribution in [0.15, 0.2) is 6.20 Å². The van der Waals surface area contributed by atoms with Gasteiger partial charge in [-0.1, -0.05) is 20.8 Å². The van der Waals surface area contributed by atoms with E-state index in [9.17, 15) is 9.59 Å². The lowest BCUT2D eigenvalue weighted by atomic mass is 9.87. The van der Waals surface area contributed by atoms with Gasteiger partial charge in [0.1, 0.15) is 11.0 Å². The Morgan fingerprint density at radius 2 is 2.11 bits per heavy atom. The lowest BCUT2D eigenvalue weighted by Gasteiger charge is -2.27. The highest BCUT2D eigenvalue weighted by Gasteiger charge is 2.32. The second-order valence-electron chi connectivity index (χ2n) is 5.33. The van der Waals surface area contributed by atoms with Gasteiger partial charge in [0.15, 0.2) is 0 Å². The first-order valence-electron chi connectivity index (χ1n) is 5.88. The zero-order valence-corrected chi connectivity index (χ0v) is 12.3. The highest BCUT2D eigenvalue weighted by molar-refractivity contribution is 7.11. The molecule has 0 aliphatic rings. The molecule has 0 aliphatic heterocycles. The molecule has 0 aromatic carbocycles. The number of carbonyl (C=O) groups excluding carboxylic acids is 1. The van der Waals surface area contributed by atoms with Gasteiger partial charge >= 0.3 is 12.0 Å². The van der Waals surface area contributed by atoms with E-state index >= 15 is 0 Å². The van der Waals surface area contributed by atoms with Gasteiger partial charge in [0.2, 0.25) is 0 Å². The topological polar surface area (TPSA) is 91.3 Å². The van der Waals surface area contributed by atoms with Crippen LogP contribution in [0, 0.1) is 12.3 Å². The number of carboxylic acid groups (broad SMARTS) is 1. The molecule has 2 amide bonds. The van der Waals surface area contributed by atoms with E-state index in [4.69, 9.17) is 5.11 Å². The maximum absolute atomic E-state index is 11.7. The summed E-state index contributed by atoms with van der Waals surface area (Å²) in [6.45, 7) is 7.50. The zero-order chi connectivity index (χ0) is 14.6. The molecule has 6 nitrogen and oxygen atoms in total. The maximum Gasteiger partial charge on any atom is 0.326 e. The third-order valence-corrected chi connectivity index (χ3v) is 3.37. The van der Waals surface area contributed by atoms with Gasteiger partial charge in [0.25, 0.3) is 0 Å². The first kappa shape index (κ1) is 15.4. The highest BCUT2D eigenvalue weighted by Crippen LogP contribution is 2.19. The van der Waals surface area contributed by atoms with Crippen molar-refractivity contribution in [3.63, 3.8) is 0 Å². The van der Waals surface area contributed by atoms with Crippen LogP contribution in [0.1, 0.15) is 30.7 Å². The van der Waals surface area contributed by atoms with Gasteiger partial charge < -0.3 is 15.7 Å². The van der Waals surface area contributed by atoms with Gasteiger partial charge in [-0.3, -0.25) is 0 Å². The number of hydrogen-bond donors (Lipinski definition) is 3. The molecular weight excluding hydrogens is 266 g/mol. The average Bonchev–Trinajstić information content (AvgIpc) is 2.67. The van der Waals surface area contributed by atoms with E-state index in [1.807, 2.05) is 6.92 Å². The number of urea groups is 1. The average molecular weight is 285 g/mol.